The van der Waals surface area contributed by atoms with Crippen LogP contribution in [0.4, 0.5) is 9.52 Å². The van der Waals surface area contributed by atoms with Crippen LogP contribution in [0.5, 0.6) is 11.5 Å². The van der Waals surface area contributed by atoms with E-state index in [1.165, 1.54) is 17.4 Å². The molecule has 0 atom stereocenters. The van der Waals surface area contributed by atoms with Gasteiger partial charge < -0.3 is 4.74 Å². The standard InChI is InChI=1S/C17H14FN3OS/c1-12-11-23-17(20-12)21-19-10-13-6-2-4-8-15(13)22-16-9-5-3-7-14(16)18/h2-11H,1H3,(H,20,21). The number of nitrogens with one attached hydrogen (secondary N) is 1. The maximum Gasteiger partial charge on any atom is 0.203 e. The van der Waals surface area contributed by atoms with Gasteiger partial charge in [-0.2, -0.15) is 5.10 Å². The largest absolute Gasteiger partial charge is 0.454 e. The van der Waals surface area contributed by atoms with Crippen LogP contribution < -0.4 is 10.2 Å². The van der Waals surface area contributed by atoms with Crippen molar-refractivity contribution in [1.82, 2.24) is 4.98 Å². The minimum atomic E-state index is -0.407. The van der Waals surface area contributed by atoms with E-state index >= 15 is 0 Å². The van der Waals surface area contributed by atoms with Crippen molar-refractivity contribution in [2.75, 3.05) is 5.43 Å². The molecular weight excluding hydrogens is 313 g/mol. The third-order valence-electron chi connectivity index (χ3n) is 2.96. The molecule has 1 N–H and O–H groups in total. The lowest BCUT2D eigenvalue weighted by Gasteiger charge is -2.08. The Balaban J connectivity index is 1.76. The highest BCUT2D eigenvalue weighted by atomic mass is 32.1. The summed E-state index contributed by atoms with van der Waals surface area (Å²) in [4.78, 5) is 4.26. The maximum absolute atomic E-state index is 13.7. The van der Waals surface area contributed by atoms with Gasteiger partial charge >= 0.3 is 0 Å². The summed E-state index contributed by atoms with van der Waals surface area (Å²) in [5.41, 5.74) is 4.54. The molecule has 0 unspecified atom stereocenters. The zero-order valence-corrected chi connectivity index (χ0v) is 13.2. The van der Waals surface area contributed by atoms with Crippen LogP contribution in [0.15, 0.2) is 59.0 Å². The Hall–Kier alpha value is -2.73. The molecule has 3 aromatic rings. The Morgan fingerprint density at radius 1 is 1.13 bits per heavy atom. The van der Waals surface area contributed by atoms with Crippen molar-refractivity contribution >= 4 is 22.7 Å². The van der Waals surface area contributed by atoms with E-state index in [1.807, 2.05) is 30.5 Å². The number of halogens is 1. The first-order valence-corrected chi connectivity index (χ1v) is 7.83. The van der Waals surface area contributed by atoms with Crippen LogP contribution in [0.3, 0.4) is 0 Å². The molecule has 6 heteroatoms. The highest BCUT2D eigenvalue weighted by Gasteiger charge is 2.06. The number of hydrogen-bond acceptors (Lipinski definition) is 5. The molecule has 2 aromatic carbocycles. The molecule has 116 valence electrons. The molecule has 3 rings (SSSR count). The average molecular weight is 327 g/mol. The van der Waals surface area contributed by atoms with Gasteiger partial charge in [0.2, 0.25) is 5.13 Å². The molecule has 0 aliphatic carbocycles. The first-order chi connectivity index (χ1) is 11.2. The number of hydrazone groups is 1. The van der Waals surface area contributed by atoms with Gasteiger partial charge in [0.15, 0.2) is 11.6 Å². The molecule has 23 heavy (non-hydrogen) atoms. The Labute approximate surface area is 137 Å². The highest BCUT2D eigenvalue weighted by Crippen LogP contribution is 2.26. The number of para-hydroxylation sites is 2. The van der Waals surface area contributed by atoms with Crippen molar-refractivity contribution in [2.45, 2.75) is 6.92 Å². The predicted molar refractivity (Wildman–Crippen MR) is 91.0 cm³/mol. The number of aryl methyl sites for hydroxylation is 1. The van der Waals surface area contributed by atoms with Crippen molar-refractivity contribution in [3.8, 4) is 11.5 Å². The van der Waals surface area contributed by atoms with Crippen molar-refractivity contribution in [1.29, 1.82) is 0 Å². The number of ether oxygens (including phenoxy) is 1. The van der Waals surface area contributed by atoms with Gasteiger partial charge in [-0.15, -0.1) is 11.3 Å². The average Bonchev–Trinajstić information content (AvgIpc) is 2.97. The fraction of sp³-hybridized carbons (Fsp3) is 0.0588. The van der Waals surface area contributed by atoms with Gasteiger partial charge in [0.25, 0.3) is 0 Å². The van der Waals surface area contributed by atoms with E-state index in [-0.39, 0.29) is 5.75 Å². The molecule has 0 bridgehead atoms. The highest BCUT2D eigenvalue weighted by molar-refractivity contribution is 7.13. The first kappa shape index (κ1) is 15.2. The quantitative estimate of drug-likeness (QED) is 0.539. The van der Waals surface area contributed by atoms with Crippen LogP contribution in [0.2, 0.25) is 0 Å². The van der Waals surface area contributed by atoms with Crippen molar-refractivity contribution in [2.24, 2.45) is 5.10 Å². The van der Waals surface area contributed by atoms with Crippen LogP contribution >= 0.6 is 11.3 Å². The second-order valence-corrected chi connectivity index (χ2v) is 5.59. The number of nitrogens with zero attached hydrogens (tertiary/aromatic N) is 2. The van der Waals surface area contributed by atoms with E-state index < -0.39 is 5.82 Å². The summed E-state index contributed by atoms with van der Waals surface area (Å²) in [7, 11) is 0. The van der Waals surface area contributed by atoms with E-state index in [2.05, 4.69) is 15.5 Å². The number of aromatic nitrogens is 1. The van der Waals surface area contributed by atoms with Gasteiger partial charge in [-0.1, -0.05) is 24.3 Å². The summed E-state index contributed by atoms with van der Waals surface area (Å²) < 4.78 is 19.3. The summed E-state index contributed by atoms with van der Waals surface area (Å²) in [5.74, 6) is 0.297. The molecule has 0 radical (unpaired) electrons. The zero-order chi connectivity index (χ0) is 16.1. The lowest BCUT2D eigenvalue weighted by Crippen LogP contribution is -1.94. The Bertz CT molecular complexity index is 832. The molecule has 0 aliphatic heterocycles. The maximum atomic E-state index is 13.7. The van der Waals surface area contributed by atoms with Gasteiger partial charge in [-0.25, -0.2) is 9.37 Å². The number of hydrogen-bond donors (Lipinski definition) is 1. The summed E-state index contributed by atoms with van der Waals surface area (Å²) >= 11 is 1.48. The van der Waals surface area contributed by atoms with Crippen LogP contribution in [-0.2, 0) is 0 Å². The van der Waals surface area contributed by atoms with Crippen molar-refractivity contribution in [3.05, 3.63) is 71.0 Å². The SMILES string of the molecule is Cc1csc(NN=Cc2ccccc2Oc2ccccc2F)n1. The van der Waals surface area contributed by atoms with E-state index in [1.54, 1.807) is 30.5 Å². The second kappa shape index (κ2) is 7.02. The Morgan fingerprint density at radius 2 is 1.87 bits per heavy atom. The van der Waals surface area contributed by atoms with Gasteiger partial charge in [0, 0.05) is 10.9 Å². The van der Waals surface area contributed by atoms with Crippen molar-refractivity contribution < 1.29 is 9.13 Å². The van der Waals surface area contributed by atoms with Gasteiger partial charge in [-0.05, 0) is 31.2 Å². The van der Waals surface area contributed by atoms with Gasteiger partial charge in [-0.3, -0.25) is 5.43 Å². The van der Waals surface area contributed by atoms with Crippen LogP contribution in [-0.4, -0.2) is 11.2 Å². The van der Waals surface area contributed by atoms with Crippen LogP contribution in [0, 0.1) is 12.7 Å². The molecule has 0 aliphatic rings. The fourth-order valence-electron chi connectivity index (χ4n) is 1.89. The van der Waals surface area contributed by atoms with Crippen LogP contribution in [0.1, 0.15) is 11.3 Å². The van der Waals surface area contributed by atoms with E-state index in [0.29, 0.717) is 10.9 Å². The molecule has 1 aromatic heterocycles. The molecule has 0 amide bonds. The lowest BCUT2D eigenvalue weighted by atomic mass is 10.2. The normalized spacial score (nSPS) is 10.9. The number of rotatable bonds is 5. The zero-order valence-electron chi connectivity index (χ0n) is 12.4. The number of benzene rings is 2. The summed E-state index contributed by atoms with van der Waals surface area (Å²) in [5, 5.41) is 6.80. The molecule has 4 nitrogen and oxygen atoms in total. The molecule has 0 saturated carbocycles. The summed E-state index contributed by atoms with van der Waals surface area (Å²) in [6, 6.07) is 13.6. The summed E-state index contributed by atoms with van der Waals surface area (Å²) in [6.45, 7) is 1.92. The number of anilines is 1. The topological polar surface area (TPSA) is 46.5 Å². The molecule has 0 saturated heterocycles. The molecule has 0 fully saturated rings. The predicted octanol–water partition coefficient (Wildman–Crippen LogP) is 4.83. The summed E-state index contributed by atoms with van der Waals surface area (Å²) in [6.07, 6.45) is 1.62. The third-order valence-corrected chi connectivity index (χ3v) is 3.82. The van der Waals surface area contributed by atoms with E-state index in [4.69, 9.17) is 4.74 Å². The van der Waals surface area contributed by atoms with Gasteiger partial charge in [0.1, 0.15) is 5.75 Å². The minimum absolute atomic E-state index is 0.178. The van der Waals surface area contributed by atoms with Gasteiger partial charge in [0.05, 0.1) is 11.9 Å². The Morgan fingerprint density at radius 3 is 2.61 bits per heavy atom. The molecule has 1 heterocycles. The van der Waals surface area contributed by atoms with E-state index in [0.717, 1.165) is 11.3 Å². The van der Waals surface area contributed by atoms with E-state index in [9.17, 15) is 4.39 Å². The fourth-order valence-corrected chi connectivity index (χ4v) is 2.53. The lowest BCUT2D eigenvalue weighted by molar-refractivity contribution is 0.442. The monoisotopic (exact) mass is 327 g/mol. The second-order valence-electron chi connectivity index (χ2n) is 4.73. The third kappa shape index (κ3) is 3.92. The van der Waals surface area contributed by atoms with Crippen molar-refractivity contribution in [3.63, 3.8) is 0 Å². The smallest absolute Gasteiger partial charge is 0.203 e. The first-order valence-electron chi connectivity index (χ1n) is 6.95. The Kier molecular flexibility index (Phi) is 4.63. The molecular formula is C17H14FN3OS. The minimum Gasteiger partial charge on any atom is -0.454 e. The molecule has 0 spiro atoms. The van der Waals surface area contributed by atoms with Crippen LogP contribution in [0.25, 0.3) is 0 Å². The number of thiazole rings is 1.